The van der Waals surface area contributed by atoms with E-state index in [9.17, 15) is 18.0 Å². The Morgan fingerprint density at radius 2 is 1.82 bits per heavy atom. The fraction of sp³-hybridized carbons (Fsp3) is 0.368. The molecular formula is C19H23N3O5S. The van der Waals surface area contributed by atoms with E-state index in [1.807, 2.05) is 13.8 Å². The maximum atomic E-state index is 12.9. The topological polar surface area (TPSA) is 97.7 Å². The number of nitrogens with zero attached hydrogens (tertiary/aromatic N) is 2. The van der Waals surface area contributed by atoms with Gasteiger partial charge in [-0.15, -0.1) is 0 Å². The van der Waals surface area contributed by atoms with Crippen LogP contribution in [-0.2, 0) is 23.1 Å². The Labute approximate surface area is 163 Å². The first-order chi connectivity index (χ1) is 13.3. The molecule has 1 aromatic heterocycles. The van der Waals surface area contributed by atoms with Crippen LogP contribution in [0.25, 0.3) is 0 Å². The van der Waals surface area contributed by atoms with E-state index in [2.05, 4.69) is 4.72 Å². The molecule has 28 heavy (non-hydrogen) atoms. The van der Waals surface area contributed by atoms with E-state index in [4.69, 9.17) is 4.74 Å². The summed E-state index contributed by atoms with van der Waals surface area (Å²) in [4.78, 5) is 27.2. The van der Waals surface area contributed by atoms with Gasteiger partial charge in [-0.3, -0.25) is 9.59 Å². The lowest BCUT2D eigenvalue weighted by Gasteiger charge is -2.34. The number of carbonyl (C=O) groups is 1. The molecule has 2 heterocycles. The average Bonchev–Trinajstić information content (AvgIpc) is 2.67. The van der Waals surface area contributed by atoms with Crippen molar-refractivity contribution in [2.75, 3.05) is 13.7 Å². The summed E-state index contributed by atoms with van der Waals surface area (Å²) in [5.74, 6) is -0.326. The summed E-state index contributed by atoms with van der Waals surface area (Å²) < 4.78 is 34.3. The van der Waals surface area contributed by atoms with Crippen LogP contribution in [0.4, 0.5) is 0 Å². The van der Waals surface area contributed by atoms with Gasteiger partial charge in [0, 0.05) is 30.9 Å². The normalized spacial score (nSPS) is 14.3. The van der Waals surface area contributed by atoms with E-state index in [1.54, 1.807) is 27.7 Å². The number of sulfonamides is 1. The lowest BCUT2D eigenvalue weighted by atomic mass is 10.1. The molecule has 0 radical (unpaired) electrons. The van der Waals surface area contributed by atoms with Crippen molar-refractivity contribution >= 4 is 15.9 Å². The van der Waals surface area contributed by atoms with Gasteiger partial charge < -0.3 is 14.2 Å². The van der Waals surface area contributed by atoms with Crippen LogP contribution in [0.5, 0.6) is 5.75 Å². The Hall–Kier alpha value is -2.65. The highest BCUT2D eigenvalue weighted by atomic mass is 32.2. The molecule has 1 aromatic carbocycles. The zero-order valence-corrected chi connectivity index (χ0v) is 16.8. The molecule has 1 N–H and O–H groups in total. The monoisotopic (exact) mass is 405 g/mol. The van der Waals surface area contributed by atoms with Crippen LogP contribution in [0.3, 0.4) is 0 Å². The quantitative estimate of drug-likeness (QED) is 0.779. The maximum absolute atomic E-state index is 12.9. The second-order valence-electron chi connectivity index (χ2n) is 6.76. The number of pyridine rings is 1. The number of methoxy groups -OCH3 is 1. The molecule has 0 spiro atoms. The van der Waals surface area contributed by atoms with E-state index in [1.165, 1.54) is 25.3 Å². The molecule has 1 aliphatic heterocycles. The third kappa shape index (κ3) is 3.67. The molecule has 9 heteroatoms. The van der Waals surface area contributed by atoms with Gasteiger partial charge in [0.1, 0.15) is 0 Å². The average molecular weight is 405 g/mol. The van der Waals surface area contributed by atoms with Crippen LogP contribution in [0.1, 0.15) is 30.0 Å². The van der Waals surface area contributed by atoms with Crippen LogP contribution >= 0.6 is 0 Å². The number of aromatic nitrogens is 1. The molecule has 0 unspecified atom stereocenters. The number of ether oxygens (including phenoxy) is 1. The minimum atomic E-state index is -3.74. The molecule has 1 amide bonds. The number of hydrogen-bond acceptors (Lipinski definition) is 5. The van der Waals surface area contributed by atoms with Crippen LogP contribution in [0.2, 0.25) is 0 Å². The van der Waals surface area contributed by atoms with Gasteiger partial charge in [0.15, 0.2) is 11.4 Å². The van der Waals surface area contributed by atoms with Crippen molar-refractivity contribution in [1.29, 1.82) is 0 Å². The Bertz CT molecular complexity index is 1050. The second-order valence-corrected chi connectivity index (χ2v) is 8.53. The Morgan fingerprint density at radius 3 is 2.43 bits per heavy atom. The van der Waals surface area contributed by atoms with Crippen molar-refractivity contribution in [3.63, 3.8) is 0 Å². The Balaban J connectivity index is 1.99. The summed E-state index contributed by atoms with van der Waals surface area (Å²) in [6.45, 7) is 4.59. The van der Waals surface area contributed by atoms with Crippen molar-refractivity contribution < 1.29 is 17.9 Å². The first-order valence-corrected chi connectivity index (χ1v) is 10.4. The van der Waals surface area contributed by atoms with Gasteiger partial charge in [-0.25, -0.2) is 13.1 Å². The molecule has 0 saturated heterocycles. The van der Waals surface area contributed by atoms with Crippen molar-refractivity contribution in [3.8, 4) is 5.75 Å². The lowest BCUT2D eigenvalue weighted by Crippen LogP contribution is -2.46. The zero-order chi connectivity index (χ0) is 20.5. The SMILES string of the molecule is COc1c2n(c(CNS(=O)(=O)c3ccccc3)cc1=O)CCN(C(C)C)C2=O. The van der Waals surface area contributed by atoms with Gasteiger partial charge in [-0.1, -0.05) is 18.2 Å². The largest absolute Gasteiger partial charge is 0.491 e. The van der Waals surface area contributed by atoms with Crippen molar-refractivity contribution in [2.45, 2.75) is 37.9 Å². The number of benzene rings is 1. The highest BCUT2D eigenvalue weighted by Gasteiger charge is 2.32. The van der Waals surface area contributed by atoms with Gasteiger partial charge in [-0.2, -0.15) is 0 Å². The Kier molecular flexibility index (Phi) is 5.57. The molecular weight excluding hydrogens is 382 g/mol. The van der Waals surface area contributed by atoms with E-state index < -0.39 is 15.5 Å². The lowest BCUT2D eigenvalue weighted by molar-refractivity contribution is 0.0639. The predicted octanol–water partition coefficient (Wildman–Crippen LogP) is 1.20. The molecule has 0 atom stereocenters. The number of amides is 1. The van der Waals surface area contributed by atoms with E-state index in [0.717, 1.165) is 0 Å². The predicted molar refractivity (Wildman–Crippen MR) is 104 cm³/mol. The van der Waals surface area contributed by atoms with Gasteiger partial charge in [0.05, 0.1) is 18.6 Å². The number of carbonyl (C=O) groups excluding carboxylic acids is 1. The molecule has 1 aliphatic rings. The summed E-state index contributed by atoms with van der Waals surface area (Å²) in [5.41, 5.74) is 0.113. The zero-order valence-electron chi connectivity index (χ0n) is 16.0. The van der Waals surface area contributed by atoms with Crippen LogP contribution in [0.15, 0.2) is 46.1 Å². The van der Waals surface area contributed by atoms with E-state index in [-0.39, 0.29) is 34.8 Å². The summed E-state index contributed by atoms with van der Waals surface area (Å²) in [6, 6.07) is 9.25. The fourth-order valence-electron chi connectivity index (χ4n) is 3.28. The van der Waals surface area contributed by atoms with Crippen LogP contribution in [0, 0.1) is 0 Å². The third-order valence-corrected chi connectivity index (χ3v) is 6.12. The summed E-state index contributed by atoms with van der Waals surface area (Å²) in [5, 5.41) is 0. The number of hydrogen-bond donors (Lipinski definition) is 1. The first-order valence-electron chi connectivity index (χ1n) is 8.92. The molecule has 3 rings (SSSR count). The standard InChI is InChI=1S/C19H23N3O5S/c1-13(2)21-9-10-22-14(11-16(23)18(27-3)17(22)19(21)24)12-20-28(25,26)15-7-5-4-6-8-15/h4-8,11,13,20H,9-10,12H2,1-3H3. The summed E-state index contributed by atoms with van der Waals surface area (Å²) >= 11 is 0. The van der Waals surface area contributed by atoms with Gasteiger partial charge in [0.2, 0.25) is 15.5 Å². The molecule has 0 aliphatic carbocycles. The molecule has 0 bridgehead atoms. The summed E-state index contributed by atoms with van der Waals surface area (Å²) in [6.07, 6.45) is 0. The van der Waals surface area contributed by atoms with Crippen LogP contribution in [-0.4, -0.2) is 43.5 Å². The summed E-state index contributed by atoms with van der Waals surface area (Å²) in [7, 11) is -2.40. The maximum Gasteiger partial charge on any atom is 0.274 e. The smallest absolute Gasteiger partial charge is 0.274 e. The van der Waals surface area contributed by atoms with Gasteiger partial charge >= 0.3 is 0 Å². The molecule has 150 valence electrons. The number of fused-ring (bicyclic) bond motifs is 1. The second kappa shape index (κ2) is 7.76. The van der Waals surface area contributed by atoms with E-state index in [0.29, 0.717) is 18.8 Å². The highest BCUT2D eigenvalue weighted by Crippen LogP contribution is 2.23. The molecule has 0 saturated carbocycles. The van der Waals surface area contributed by atoms with Gasteiger partial charge in [-0.05, 0) is 26.0 Å². The minimum Gasteiger partial charge on any atom is -0.491 e. The molecule has 2 aromatic rings. The highest BCUT2D eigenvalue weighted by molar-refractivity contribution is 7.89. The van der Waals surface area contributed by atoms with Crippen molar-refractivity contribution in [3.05, 3.63) is 58.0 Å². The van der Waals surface area contributed by atoms with Crippen molar-refractivity contribution in [2.24, 2.45) is 0 Å². The minimum absolute atomic E-state index is 0.0231. The van der Waals surface area contributed by atoms with Crippen LogP contribution < -0.4 is 14.9 Å². The number of nitrogens with one attached hydrogen (secondary N) is 1. The van der Waals surface area contributed by atoms with Crippen molar-refractivity contribution in [1.82, 2.24) is 14.2 Å². The number of rotatable bonds is 6. The van der Waals surface area contributed by atoms with E-state index >= 15 is 0 Å². The van der Waals surface area contributed by atoms with Gasteiger partial charge in [0.25, 0.3) is 5.91 Å². The fourth-order valence-corrected chi connectivity index (χ4v) is 4.30. The Morgan fingerprint density at radius 1 is 1.14 bits per heavy atom. The third-order valence-electron chi connectivity index (χ3n) is 4.71. The molecule has 8 nitrogen and oxygen atoms in total. The first kappa shape index (κ1) is 20.1. The molecule has 0 fully saturated rings.